The van der Waals surface area contributed by atoms with Gasteiger partial charge in [-0.1, -0.05) is 86.6 Å². The molecule has 0 fully saturated rings. The predicted molar refractivity (Wildman–Crippen MR) is 121 cm³/mol. The smallest absolute Gasteiger partial charge is 0.251 e. The molecular formula is C26H28N2O2. The largest absolute Gasteiger partial charge is 0.357 e. The molecule has 3 aromatic carbocycles. The van der Waals surface area contributed by atoms with E-state index in [4.69, 9.17) is 0 Å². The number of benzene rings is 3. The Hall–Kier alpha value is -3.40. The first kappa shape index (κ1) is 21.3. The number of hydrogen-bond acceptors (Lipinski definition) is 2. The molecule has 3 aromatic rings. The van der Waals surface area contributed by atoms with E-state index in [0.29, 0.717) is 11.5 Å². The van der Waals surface area contributed by atoms with Crippen molar-refractivity contribution in [2.75, 3.05) is 7.05 Å². The number of likely N-dealkylation sites (N-methyl/N-ethyl adjacent to an activating group) is 1. The van der Waals surface area contributed by atoms with Crippen LogP contribution in [0.4, 0.5) is 0 Å². The highest BCUT2D eigenvalue weighted by Gasteiger charge is 2.32. The van der Waals surface area contributed by atoms with E-state index in [1.165, 1.54) is 5.56 Å². The summed E-state index contributed by atoms with van der Waals surface area (Å²) in [5.41, 5.74) is 3.63. The second-order valence-electron chi connectivity index (χ2n) is 7.64. The van der Waals surface area contributed by atoms with Crippen LogP contribution in [0.2, 0.25) is 0 Å². The summed E-state index contributed by atoms with van der Waals surface area (Å²) < 4.78 is 0. The topological polar surface area (TPSA) is 58.2 Å². The van der Waals surface area contributed by atoms with Crippen molar-refractivity contribution < 1.29 is 9.59 Å². The molecule has 0 spiro atoms. The summed E-state index contributed by atoms with van der Waals surface area (Å²) in [4.78, 5) is 25.9. The first-order valence-electron chi connectivity index (χ1n) is 10.2. The number of rotatable bonds is 7. The van der Waals surface area contributed by atoms with Gasteiger partial charge in [0.25, 0.3) is 5.91 Å². The Bertz CT molecular complexity index is 927. The second kappa shape index (κ2) is 9.88. The highest BCUT2D eigenvalue weighted by Crippen LogP contribution is 2.28. The van der Waals surface area contributed by atoms with Crippen LogP contribution >= 0.6 is 0 Å². The van der Waals surface area contributed by atoms with Crippen LogP contribution in [0.3, 0.4) is 0 Å². The molecule has 0 heterocycles. The molecule has 154 valence electrons. The van der Waals surface area contributed by atoms with E-state index in [1.807, 2.05) is 84.9 Å². The van der Waals surface area contributed by atoms with Gasteiger partial charge in [-0.15, -0.1) is 0 Å². The molecular weight excluding hydrogens is 372 g/mol. The quantitative estimate of drug-likeness (QED) is 0.614. The molecule has 0 radical (unpaired) electrons. The van der Waals surface area contributed by atoms with Crippen LogP contribution in [-0.2, 0) is 4.79 Å². The summed E-state index contributed by atoms with van der Waals surface area (Å²) in [6.45, 7) is 4.22. The molecule has 0 bridgehead atoms. The van der Waals surface area contributed by atoms with Crippen LogP contribution in [-0.4, -0.2) is 24.9 Å². The van der Waals surface area contributed by atoms with Crippen molar-refractivity contribution in [2.24, 2.45) is 0 Å². The van der Waals surface area contributed by atoms with Crippen molar-refractivity contribution >= 4 is 11.8 Å². The fourth-order valence-electron chi connectivity index (χ4n) is 3.60. The van der Waals surface area contributed by atoms with Gasteiger partial charge >= 0.3 is 0 Å². The first-order valence-corrected chi connectivity index (χ1v) is 10.2. The van der Waals surface area contributed by atoms with E-state index in [1.54, 1.807) is 7.05 Å². The highest BCUT2D eigenvalue weighted by molar-refractivity contribution is 5.98. The lowest BCUT2D eigenvalue weighted by Gasteiger charge is -2.28. The number of nitrogens with one attached hydrogen (secondary N) is 2. The summed E-state index contributed by atoms with van der Waals surface area (Å²) in [6.07, 6.45) is 0. The molecule has 4 heteroatoms. The Balaban J connectivity index is 1.96. The predicted octanol–water partition coefficient (Wildman–Crippen LogP) is 4.49. The van der Waals surface area contributed by atoms with Gasteiger partial charge in [-0.3, -0.25) is 9.59 Å². The van der Waals surface area contributed by atoms with Crippen LogP contribution in [0.1, 0.15) is 52.7 Å². The minimum atomic E-state index is -0.753. The van der Waals surface area contributed by atoms with Gasteiger partial charge in [-0.05, 0) is 34.7 Å². The zero-order chi connectivity index (χ0) is 21.5. The van der Waals surface area contributed by atoms with E-state index < -0.39 is 6.04 Å². The maximum Gasteiger partial charge on any atom is 0.251 e. The summed E-state index contributed by atoms with van der Waals surface area (Å²) in [5.74, 6) is -0.428. The SMILES string of the molecule is CNC(=O)[C@@H](NC(=O)c1ccc(C(C)C)cc1)C(c1ccccc1)c1ccccc1. The maximum atomic E-state index is 13.0. The van der Waals surface area contributed by atoms with Gasteiger partial charge in [-0.25, -0.2) is 0 Å². The Labute approximate surface area is 178 Å². The molecule has 0 saturated heterocycles. The molecule has 30 heavy (non-hydrogen) atoms. The third-order valence-corrected chi connectivity index (χ3v) is 5.31. The van der Waals surface area contributed by atoms with Crippen molar-refractivity contribution in [3.63, 3.8) is 0 Å². The van der Waals surface area contributed by atoms with Crippen molar-refractivity contribution in [2.45, 2.75) is 31.7 Å². The van der Waals surface area contributed by atoms with Gasteiger partial charge in [0, 0.05) is 18.5 Å². The summed E-state index contributed by atoms with van der Waals surface area (Å²) in [5, 5.41) is 5.69. The Morgan fingerprint density at radius 2 is 1.20 bits per heavy atom. The monoisotopic (exact) mass is 400 g/mol. The lowest BCUT2D eigenvalue weighted by molar-refractivity contribution is -0.122. The minimum Gasteiger partial charge on any atom is -0.357 e. The van der Waals surface area contributed by atoms with Gasteiger partial charge in [-0.2, -0.15) is 0 Å². The van der Waals surface area contributed by atoms with Crippen molar-refractivity contribution in [3.8, 4) is 0 Å². The van der Waals surface area contributed by atoms with E-state index in [9.17, 15) is 9.59 Å². The van der Waals surface area contributed by atoms with Gasteiger partial charge in [0.15, 0.2) is 0 Å². The molecule has 0 aliphatic carbocycles. The molecule has 2 amide bonds. The van der Waals surface area contributed by atoms with E-state index in [-0.39, 0.29) is 17.7 Å². The van der Waals surface area contributed by atoms with Crippen molar-refractivity contribution in [3.05, 3.63) is 107 Å². The molecule has 0 aliphatic heterocycles. The van der Waals surface area contributed by atoms with Gasteiger partial charge in [0.2, 0.25) is 5.91 Å². The molecule has 0 saturated carbocycles. The van der Waals surface area contributed by atoms with Crippen LogP contribution < -0.4 is 10.6 Å². The summed E-state index contributed by atoms with van der Waals surface area (Å²) in [6, 6.07) is 26.4. The standard InChI is InChI=1S/C26H28N2O2/c1-18(2)19-14-16-22(17-15-19)25(29)28-24(26(30)27-3)23(20-10-6-4-7-11-20)21-12-8-5-9-13-21/h4-18,23-24H,1-3H3,(H,27,30)(H,28,29)/t24-/m0/s1. The average molecular weight is 401 g/mol. The second-order valence-corrected chi connectivity index (χ2v) is 7.64. The van der Waals surface area contributed by atoms with E-state index in [0.717, 1.165) is 11.1 Å². The minimum absolute atomic E-state index is 0.236. The first-order chi connectivity index (χ1) is 14.5. The lowest BCUT2D eigenvalue weighted by atomic mass is 9.84. The Morgan fingerprint density at radius 1 is 0.700 bits per heavy atom. The molecule has 0 aliphatic rings. The summed E-state index contributed by atoms with van der Waals surface area (Å²) in [7, 11) is 1.59. The summed E-state index contributed by atoms with van der Waals surface area (Å²) >= 11 is 0. The molecule has 0 unspecified atom stereocenters. The maximum absolute atomic E-state index is 13.0. The molecule has 3 rings (SSSR count). The molecule has 4 nitrogen and oxygen atoms in total. The molecule has 2 N–H and O–H groups in total. The average Bonchev–Trinajstić information content (AvgIpc) is 2.79. The normalized spacial score (nSPS) is 11.9. The third kappa shape index (κ3) is 4.95. The van der Waals surface area contributed by atoms with Crippen LogP contribution in [0.25, 0.3) is 0 Å². The lowest BCUT2D eigenvalue weighted by Crippen LogP contribution is -2.49. The number of carbonyl (C=O) groups is 2. The Kier molecular flexibility index (Phi) is 7.02. The zero-order valence-corrected chi connectivity index (χ0v) is 17.6. The van der Waals surface area contributed by atoms with Crippen molar-refractivity contribution in [1.82, 2.24) is 10.6 Å². The van der Waals surface area contributed by atoms with Crippen LogP contribution in [0.15, 0.2) is 84.9 Å². The fraction of sp³-hybridized carbons (Fsp3) is 0.231. The van der Waals surface area contributed by atoms with Crippen LogP contribution in [0.5, 0.6) is 0 Å². The van der Waals surface area contributed by atoms with Crippen LogP contribution in [0, 0.1) is 0 Å². The fourth-order valence-corrected chi connectivity index (χ4v) is 3.60. The van der Waals surface area contributed by atoms with E-state index >= 15 is 0 Å². The zero-order valence-electron chi connectivity index (χ0n) is 17.6. The number of carbonyl (C=O) groups excluding carboxylic acids is 2. The molecule has 1 atom stereocenters. The van der Waals surface area contributed by atoms with E-state index in [2.05, 4.69) is 24.5 Å². The number of hydrogen-bond donors (Lipinski definition) is 2. The van der Waals surface area contributed by atoms with Crippen molar-refractivity contribution in [1.29, 1.82) is 0 Å². The Morgan fingerprint density at radius 3 is 1.63 bits per heavy atom. The molecule has 0 aromatic heterocycles. The number of amides is 2. The van der Waals surface area contributed by atoms with Gasteiger partial charge in [0.05, 0.1) is 0 Å². The van der Waals surface area contributed by atoms with Gasteiger partial charge < -0.3 is 10.6 Å². The van der Waals surface area contributed by atoms with Gasteiger partial charge in [0.1, 0.15) is 6.04 Å². The third-order valence-electron chi connectivity index (χ3n) is 5.31. The highest BCUT2D eigenvalue weighted by atomic mass is 16.2.